The van der Waals surface area contributed by atoms with E-state index in [1.54, 1.807) is 37.3 Å². The predicted molar refractivity (Wildman–Crippen MR) is 116 cm³/mol. The maximum Gasteiger partial charge on any atom is 0.391 e. The van der Waals surface area contributed by atoms with Gasteiger partial charge in [-0.2, -0.15) is 13.2 Å². The minimum absolute atomic E-state index is 0.172. The zero-order valence-corrected chi connectivity index (χ0v) is 18.9. The van der Waals surface area contributed by atoms with Crippen LogP contribution in [0.2, 0.25) is 5.02 Å². The van der Waals surface area contributed by atoms with E-state index in [9.17, 15) is 27.2 Å². The second-order valence-corrected chi connectivity index (χ2v) is 8.82. The van der Waals surface area contributed by atoms with Gasteiger partial charge < -0.3 is 10.1 Å². The van der Waals surface area contributed by atoms with E-state index in [-0.39, 0.29) is 37.7 Å². The number of esters is 1. The molecule has 0 atom stereocenters. The van der Waals surface area contributed by atoms with Gasteiger partial charge in [0.05, 0.1) is 19.4 Å². The van der Waals surface area contributed by atoms with Crippen LogP contribution in [0.1, 0.15) is 36.8 Å². The highest BCUT2D eigenvalue weighted by molar-refractivity contribution is 6.30. The Morgan fingerprint density at radius 3 is 2.30 bits per heavy atom. The summed E-state index contributed by atoms with van der Waals surface area (Å²) in [7, 11) is 1.13. The normalized spacial score (nSPS) is 20.9. The first-order valence-corrected chi connectivity index (χ1v) is 10.8. The molecular weight excluding hydrogens is 462 g/mol. The summed E-state index contributed by atoms with van der Waals surface area (Å²) in [6.45, 7) is 1.65. The van der Waals surface area contributed by atoms with Crippen LogP contribution in [0.15, 0.2) is 36.4 Å². The molecule has 9 heteroatoms. The molecule has 1 amide bonds. The number of benzene rings is 2. The molecule has 2 aromatic rings. The Bertz CT molecular complexity index is 1030. The fourth-order valence-electron chi connectivity index (χ4n) is 4.26. The van der Waals surface area contributed by atoms with Gasteiger partial charge in [0.15, 0.2) is 0 Å². The van der Waals surface area contributed by atoms with Gasteiger partial charge in [0.25, 0.3) is 0 Å². The van der Waals surface area contributed by atoms with Crippen LogP contribution in [-0.4, -0.2) is 30.7 Å². The summed E-state index contributed by atoms with van der Waals surface area (Å²) >= 11 is 5.89. The molecule has 0 unspecified atom stereocenters. The Morgan fingerprint density at radius 2 is 1.76 bits per heavy atom. The van der Waals surface area contributed by atoms with E-state index in [1.807, 2.05) is 0 Å². The molecule has 1 N–H and O–H groups in total. The lowest BCUT2D eigenvalue weighted by Gasteiger charge is -2.38. The lowest BCUT2D eigenvalue weighted by molar-refractivity contribution is -0.188. The Balaban J connectivity index is 1.80. The molecule has 0 radical (unpaired) electrons. The summed E-state index contributed by atoms with van der Waals surface area (Å²) in [4.78, 5) is 25.3. The summed E-state index contributed by atoms with van der Waals surface area (Å²) in [5, 5.41) is 3.12. The van der Waals surface area contributed by atoms with Gasteiger partial charge >= 0.3 is 12.1 Å². The van der Waals surface area contributed by atoms with Gasteiger partial charge in [0, 0.05) is 10.6 Å². The highest BCUT2D eigenvalue weighted by Gasteiger charge is 2.50. The largest absolute Gasteiger partial charge is 0.467 e. The van der Waals surface area contributed by atoms with Gasteiger partial charge in [0.1, 0.15) is 11.4 Å². The third-order valence-corrected chi connectivity index (χ3v) is 6.44. The van der Waals surface area contributed by atoms with Crippen molar-refractivity contribution in [3.8, 4) is 11.1 Å². The first-order chi connectivity index (χ1) is 15.4. The predicted octanol–water partition coefficient (Wildman–Crippen LogP) is 5.78. The number of halogens is 5. The fourth-order valence-corrected chi connectivity index (χ4v) is 4.38. The molecule has 33 heavy (non-hydrogen) atoms. The van der Waals surface area contributed by atoms with Crippen molar-refractivity contribution in [3.63, 3.8) is 0 Å². The standard InChI is InChI=1S/C24H24ClF4NO3/c1-14-11-20(26)19(15-3-5-18(25)6-4-15)12-16(14)13-21(31)30-23(22(32)33-2)9-7-17(8-10-23)24(27,28)29/h3-6,11-12,17H,7-10,13H2,1-2H3,(H,30,31). The van der Waals surface area contributed by atoms with Crippen molar-refractivity contribution in [1.82, 2.24) is 5.32 Å². The van der Waals surface area contributed by atoms with Crippen LogP contribution in [0.5, 0.6) is 0 Å². The third kappa shape index (κ3) is 5.66. The number of methoxy groups -OCH3 is 1. The minimum atomic E-state index is -4.35. The van der Waals surface area contributed by atoms with E-state index in [0.717, 1.165) is 7.11 Å². The van der Waals surface area contributed by atoms with E-state index < -0.39 is 35.3 Å². The fraction of sp³-hybridized carbons (Fsp3) is 0.417. The maximum atomic E-state index is 14.6. The van der Waals surface area contributed by atoms with Crippen LogP contribution in [-0.2, 0) is 20.7 Å². The zero-order valence-electron chi connectivity index (χ0n) is 18.2. The van der Waals surface area contributed by atoms with Gasteiger partial charge in [-0.15, -0.1) is 0 Å². The minimum Gasteiger partial charge on any atom is -0.467 e. The molecule has 2 aromatic carbocycles. The van der Waals surface area contributed by atoms with Crippen LogP contribution >= 0.6 is 11.6 Å². The molecule has 0 saturated heterocycles. The number of hydrogen-bond acceptors (Lipinski definition) is 3. The summed E-state index contributed by atoms with van der Waals surface area (Å²) in [6.07, 6.45) is -5.43. The number of ether oxygens (including phenoxy) is 1. The van der Waals surface area contributed by atoms with Gasteiger partial charge in [-0.25, -0.2) is 9.18 Å². The molecule has 0 aromatic heterocycles. The second-order valence-electron chi connectivity index (χ2n) is 8.38. The van der Waals surface area contributed by atoms with Gasteiger partial charge in [-0.05, 0) is 73.6 Å². The van der Waals surface area contributed by atoms with E-state index in [0.29, 0.717) is 21.7 Å². The molecule has 0 heterocycles. The quantitative estimate of drug-likeness (QED) is 0.431. The Morgan fingerprint density at radius 1 is 1.15 bits per heavy atom. The van der Waals surface area contributed by atoms with E-state index in [1.165, 1.54) is 6.07 Å². The van der Waals surface area contributed by atoms with E-state index >= 15 is 0 Å². The van der Waals surface area contributed by atoms with Crippen molar-refractivity contribution in [1.29, 1.82) is 0 Å². The van der Waals surface area contributed by atoms with Gasteiger partial charge in [-0.1, -0.05) is 23.7 Å². The molecule has 1 saturated carbocycles. The number of nitrogens with one attached hydrogen (secondary N) is 1. The molecule has 0 bridgehead atoms. The monoisotopic (exact) mass is 485 g/mol. The van der Waals surface area contributed by atoms with Crippen LogP contribution in [0.4, 0.5) is 17.6 Å². The summed E-state index contributed by atoms with van der Waals surface area (Å²) in [5.41, 5.74) is 0.417. The topological polar surface area (TPSA) is 55.4 Å². The Hall–Kier alpha value is -2.61. The molecule has 1 aliphatic carbocycles. The van der Waals surface area contributed by atoms with Crippen LogP contribution < -0.4 is 5.32 Å². The number of amides is 1. The van der Waals surface area contributed by atoms with E-state index in [4.69, 9.17) is 16.3 Å². The average Bonchev–Trinajstić information content (AvgIpc) is 2.75. The number of alkyl halides is 3. The van der Waals surface area contributed by atoms with Crippen LogP contribution in [0, 0.1) is 18.7 Å². The molecule has 0 aliphatic heterocycles. The molecule has 0 spiro atoms. The lowest BCUT2D eigenvalue weighted by Crippen LogP contribution is -2.58. The SMILES string of the molecule is COC(=O)C1(NC(=O)Cc2cc(-c3ccc(Cl)cc3)c(F)cc2C)CCC(C(F)(F)F)CC1. The number of carbonyl (C=O) groups is 2. The average molecular weight is 486 g/mol. The molecule has 4 nitrogen and oxygen atoms in total. The maximum absolute atomic E-state index is 14.6. The highest BCUT2D eigenvalue weighted by Crippen LogP contribution is 2.41. The van der Waals surface area contributed by atoms with Crippen molar-refractivity contribution in [2.45, 2.75) is 50.7 Å². The van der Waals surface area contributed by atoms with Crippen molar-refractivity contribution in [3.05, 3.63) is 58.4 Å². The number of rotatable bonds is 5. The Kier molecular flexibility index (Phi) is 7.36. The van der Waals surface area contributed by atoms with Crippen molar-refractivity contribution >= 4 is 23.5 Å². The number of hydrogen-bond donors (Lipinski definition) is 1. The van der Waals surface area contributed by atoms with Gasteiger partial charge in [-0.3, -0.25) is 4.79 Å². The molecular formula is C24H24ClF4NO3. The van der Waals surface area contributed by atoms with Crippen molar-refractivity contribution in [2.24, 2.45) is 5.92 Å². The van der Waals surface area contributed by atoms with Crippen molar-refractivity contribution in [2.75, 3.05) is 7.11 Å². The van der Waals surface area contributed by atoms with Crippen LogP contribution in [0.3, 0.4) is 0 Å². The third-order valence-electron chi connectivity index (χ3n) is 6.19. The first-order valence-electron chi connectivity index (χ1n) is 10.5. The smallest absolute Gasteiger partial charge is 0.391 e. The molecule has 3 rings (SSSR count). The lowest BCUT2D eigenvalue weighted by atomic mass is 9.76. The second kappa shape index (κ2) is 9.71. The summed E-state index contributed by atoms with van der Waals surface area (Å²) < 4.78 is 58.6. The molecule has 1 aliphatic rings. The van der Waals surface area contributed by atoms with E-state index in [2.05, 4.69) is 5.32 Å². The summed E-state index contributed by atoms with van der Waals surface area (Å²) in [5.74, 6) is -3.30. The Labute approximate surface area is 194 Å². The zero-order chi connectivity index (χ0) is 24.4. The number of aryl methyl sites for hydroxylation is 1. The van der Waals surface area contributed by atoms with Crippen LogP contribution in [0.25, 0.3) is 11.1 Å². The molecule has 178 valence electrons. The summed E-state index contributed by atoms with van der Waals surface area (Å²) in [6, 6.07) is 9.44. The molecule has 1 fully saturated rings. The van der Waals surface area contributed by atoms with Gasteiger partial charge in [0.2, 0.25) is 5.91 Å². The number of carbonyl (C=O) groups excluding carboxylic acids is 2. The van der Waals surface area contributed by atoms with Crippen molar-refractivity contribution < 1.29 is 31.9 Å². The first kappa shape index (κ1) is 25.0. The highest BCUT2D eigenvalue weighted by atomic mass is 35.5.